The van der Waals surface area contributed by atoms with Crippen molar-refractivity contribution in [3.8, 4) is 10.8 Å². The number of ether oxygens (including phenoxy) is 1. The van der Waals surface area contributed by atoms with Gasteiger partial charge in [-0.05, 0) is 31.9 Å². The van der Waals surface area contributed by atoms with Crippen LogP contribution in [0.4, 0.5) is 0 Å². The van der Waals surface area contributed by atoms with Crippen LogP contribution in [0.3, 0.4) is 0 Å². The van der Waals surface area contributed by atoms with Crippen LogP contribution in [0.5, 0.6) is 0 Å². The van der Waals surface area contributed by atoms with Crippen LogP contribution in [-0.4, -0.2) is 34.8 Å². The Morgan fingerprint density at radius 3 is 3.00 bits per heavy atom. The second-order valence-electron chi connectivity index (χ2n) is 5.84. The van der Waals surface area contributed by atoms with E-state index in [4.69, 9.17) is 9.15 Å². The molecule has 1 atom stereocenters. The second-order valence-corrected chi connectivity index (χ2v) is 6.70. The van der Waals surface area contributed by atoms with Gasteiger partial charge in [-0.3, -0.25) is 4.79 Å². The SMILES string of the molecule is CC(O)(C(=O)NCc1csc(-c2ccco2)n1)C1CCOCC1. The van der Waals surface area contributed by atoms with E-state index in [1.807, 2.05) is 17.5 Å². The summed E-state index contributed by atoms with van der Waals surface area (Å²) in [7, 11) is 0. The van der Waals surface area contributed by atoms with Crippen molar-refractivity contribution in [2.45, 2.75) is 31.9 Å². The van der Waals surface area contributed by atoms with E-state index in [0.29, 0.717) is 31.8 Å². The first kappa shape index (κ1) is 16.2. The standard InChI is InChI=1S/C16H20N2O4S/c1-16(20,11-4-7-21-8-5-11)15(19)17-9-12-10-23-14(18-12)13-3-2-6-22-13/h2-3,6,10-11,20H,4-5,7-9H2,1H3,(H,17,19). The first-order valence-electron chi connectivity index (χ1n) is 7.64. The second kappa shape index (κ2) is 6.82. The smallest absolute Gasteiger partial charge is 0.252 e. The lowest BCUT2D eigenvalue weighted by Crippen LogP contribution is -2.51. The quantitative estimate of drug-likeness (QED) is 0.874. The zero-order valence-corrected chi connectivity index (χ0v) is 13.8. The lowest BCUT2D eigenvalue weighted by molar-refractivity contribution is -0.147. The van der Waals surface area contributed by atoms with Crippen LogP contribution in [0.2, 0.25) is 0 Å². The molecule has 0 radical (unpaired) electrons. The number of nitrogens with one attached hydrogen (secondary N) is 1. The molecule has 0 aliphatic carbocycles. The van der Waals surface area contributed by atoms with Crippen LogP contribution in [-0.2, 0) is 16.1 Å². The topological polar surface area (TPSA) is 84.6 Å². The van der Waals surface area contributed by atoms with E-state index in [9.17, 15) is 9.90 Å². The van der Waals surface area contributed by atoms with E-state index in [0.717, 1.165) is 10.7 Å². The Hall–Kier alpha value is -1.70. The summed E-state index contributed by atoms with van der Waals surface area (Å²) in [4.78, 5) is 16.8. The van der Waals surface area contributed by atoms with Crippen molar-refractivity contribution in [3.05, 3.63) is 29.5 Å². The van der Waals surface area contributed by atoms with E-state index in [1.54, 1.807) is 13.2 Å². The lowest BCUT2D eigenvalue weighted by atomic mass is 9.82. The van der Waals surface area contributed by atoms with Gasteiger partial charge < -0.3 is 19.6 Å². The Bertz CT molecular complexity index is 645. The van der Waals surface area contributed by atoms with Gasteiger partial charge in [0.05, 0.1) is 18.5 Å². The summed E-state index contributed by atoms with van der Waals surface area (Å²) in [6, 6.07) is 3.65. The molecule has 124 valence electrons. The summed E-state index contributed by atoms with van der Waals surface area (Å²) in [6.07, 6.45) is 2.99. The van der Waals surface area contributed by atoms with Gasteiger partial charge in [-0.2, -0.15) is 0 Å². The number of aliphatic hydroxyl groups is 1. The molecule has 2 aromatic heterocycles. The normalized spacial score (nSPS) is 18.5. The van der Waals surface area contributed by atoms with Crippen molar-refractivity contribution in [1.82, 2.24) is 10.3 Å². The molecule has 1 aliphatic rings. The summed E-state index contributed by atoms with van der Waals surface area (Å²) in [5, 5.41) is 16.0. The van der Waals surface area contributed by atoms with Gasteiger partial charge in [0.2, 0.25) is 0 Å². The minimum Gasteiger partial charge on any atom is -0.462 e. The monoisotopic (exact) mass is 336 g/mol. The highest BCUT2D eigenvalue weighted by atomic mass is 32.1. The molecule has 1 unspecified atom stereocenters. The number of amides is 1. The first-order valence-corrected chi connectivity index (χ1v) is 8.52. The average molecular weight is 336 g/mol. The number of carbonyl (C=O) groups is 1. The number of nitrogens with zero attached hydrogens (tertiary/aromatic N) is 1. The number of aromatic nitrogens is 1. The van der Waals surface area contributed by atoms with Crippen molar-refractivity contribution in [2.75, 3.05) is 13.2 Å². The minimum absolute atomic E-state index is 0.0784. The van der Waals surface area contributed by atoms with E-state index >= 15 is 0 Å². The zero-order chi connectivity index (χ0) is 16.3. The number of hydrogen-bond acceptors (Lipinski definition) is 6. The molecular formula is C16H20N2O4S. The lowest BCUT2D eigenvalue weighted by Gasteiger charge is -2.34. The van der Waals surface area contributed by atoms with E-state index in [2.05, 4.69) is 10.3 Å². The summed E-state index contributed by atoms with van der Waals surface area (Å²) < 4.78 is 10.6. The summed E-state index contributed by atoms with van der Waals surface area (Å²) >= 11 is 1.46. The number of carbonyl (C=O) groups excluding carboxylic acids is 1. The van der Waals surface area contributed by atoms with Gasteiger partial charge in [-0.1, -0.05) is 0 Å². The molecule has 3 heterocycles. The van der Waals surface area contributed by atoms with E-state index < -0.39 is 5.60 Å². The highest BCUT2D eigenvalue weighted by Crippen LogP contribution is 2.28. The minimum atomic E-state index is -1.39. The van der Waals surface area contributed by atoms with Gasteiger partial charge in [0.15, 0.2) is 10.8 Å². The third-order valence-electron chi connectivity index (χ3n) is 4.19. The maximum atomic E-state index is 12.3. The fourth-order valence-corrected chi connectivity index (χ4v) is 3.48. The molecule has 1 fully saturated rings. The Kier molecular flexibility index (Phi) is 4.79. The van der Waals surface area contributed by atoms with Gasteiger partial charge in [0.25, 0.3) is 5.91 Å². The van der Waals surface area contributed by atoms with Gasteiger partial charge in [0.1, 0.15) is 5.60 Å². The van der Waals surface area contributed by atoms with Crippen molar-refractivity contribution >= 4 is 17.2 Å². The predicted octanol–water partition coefficient (Wildman–Crippen LogP) is 2.20. The molecule has 0 spiro atoms. The van der Waals surface area contributed by atoms with E-state index in [1.165, 1.54) is 11.3 Å². The summed E-state index contributed by atoms with van der Waals surface area (Å²) in [5.74, 6) is 0.268. The van der Waals surface area contributed by atoms with E-state index in [-0.39, 0.29) is 18.4 Å². The Morgan fingerprint density at radius 1 is 1.52 bits per heavy atom. The van der Waals surface area contributed by atoms with Crippen LogP contribution in [0.15, 0.2) is 28.2 Å². The Morgan fingerprint density at radius 2 is 2.30 bits per heavy atom. The molecular weight excluding hydrogens is 316 g/mol. The molecule has 23 heavy (non-hydrogen) atoms. The van der Waals surface area contributed by atoms with Crippen LogP contribution < -0.4 is 5.32 Å². The van der Waals surface area contributed by atoms with Crippen molar-refractivity contribution in [2.24, 2.45) is 5.92 Å². The third-order valence-corrected chi connectivity index (χ3v) is 5.10. The summed E-state index contributed by atoms with van der Waals surface area (Å²) in [6.45, 7) is 3.04. The summed E-state index contributed by atoms with van der Waals surface area (Å²) in [5.41, 5.74) is -0.638. The van der Waals surface area contributed by atoms with Gasteiger partial charge in [0, 0.05) is 24.5 Å². The number of rotatable bonds is 5. The van der Waals surface area contributed by atoms with Gasteiger partial charge in [-0.15, -0.1) is 11.3 Å². The largest absolute Gasteiger partial charge is 0.462 e. The first-order chi connectivity index (χ1) is 11.1. The Balaban J connectivity index is 1.58. The molecule has 6 nitrogen and oxygen atoms in total. The molecule has 7 heteroatoms. The molecule has 0 aromatic carbocycles. The number of furan rings is 1. The van der Waals surface area contributed by atoms with Crippen LogP contribution >= 0.6 is 11.3 Å². The molecule has 3 rings (SSSR count). The van der Waals surface area contributed by atoms with Crippen LogP contribution in [0, 0.1) is 5.92 Å². The third kappa shape index (κ3) is 3.63. The number of hydrogen-bond donors (Lipinski definition) is 2. The molecule has 2 N–H and O–H groups in total. The molecule has 1 saturated heterocycles. The van der Waals surface area contributed by atoms with Crippen LogP contribution in [0.25, 0.3) is 10.8 Å². The van der Waals surface area contributed by atoms with Crippen LogP contribution in [0.1, 0.15) is 25.5 Å². The Labute approximate surface area is 138 Å². The maximum absolute atomic E-state index is 12.3. The molecule has 0 bridgehead atoms. The van der Waals surface area contributed by atoms with Crippen molar-refractivity contribution < 1.29 is 19.1 Å². The average Bonchev–Trinajstić information content (AvgIpc) is 3.24. The fourth-order valence-electron chi connectivity index (χ4n) is 2.70. The van der Waals surface area contributed by atoms with Gasteiger partial charge in [-0.25, -0.2) is 4.98 Å². The molecule has 1 amide bonds. The highest BCUT2D eigenvalue weighted by Gasteiger charge is 2.39. The van der Waals surface area contributed by atoms with Gasteiger partial charge >= 0.3 is 0 Å². The molecule has 0 saturated carbocycles. The number of thiazole rings is 1. The molecule has 2 aromatic rings. The highest BCUT2D eigenvalue weighted by molar-refractivity contribution is 7.13. The van der Waals surface area contributed by atoms with Crippen molar-refractivity contribution in [3.63, 3.8) is 0 Å². The fraction of sp³-hybridized carbons (Fsp3) is 0.500. The maximum Gasteiger partial charge on any atom is 0.252 e. The zero-order valence-electron chi connectivity index (χ0n) is 12.9. The predicted molar refractivity (Wildman–Crippen MR) is 85.8 cm³/mol. The van der Waals surface area contributed by atoms with Crippen molar-refractivity contribution in [1.29, 1.82) is 0 Å². The molecule has 1 aliphatic heterocycles.